The first-order valence-corrected chi connectivity index (χ1v) is 6.72. The third kappa shape index (κ3) is 3.29. The fraction of sp³-hybridized carbons (Fsp3) is 0.571. The maximum Gasteiger partial charge on any atom is 0.304 e. The lowest BCUT2D eigenvalue weighted by Crippen LogP contribution is -2.37. The first-order valence-electron chi connectivity index (χ1n) is 6.72. The molecule has 1 aromatic carbocycles. The van der Waals surface area contributed by atoms with Gasteiger partial charge in [-0.05, 0) is 43.9 Å². The van der Waals surface area contributed by atoms with E-state index in [2.05, 4.69) is 5.32 Å². The molecule has 1 aliphatic rings. The van der Waals surface area contributed by atoms with Crippen LogP contribution in [0.1, 0.15) is 31.2 Å². The molecule has 0 spiro atoms. The minimum atomic E-state index is -0.737. The maximum absolute atomic E-state index is 13.6. The van der Waals surface area contributed by atoms with Gasteiger partial charge in [0, 0.05) is 12.1 Å². The van der Waals surface area contributed by atoms with Crippen LogP contribution < -0.4 is 5.32 Å². The molecule has 0 heterocycles. The Bertz CT molecular complexity index is 465. The van der Waals surface area contributed by atoms with Gasteiger partial charge in [-0.1, -0.05) is 18.9 Å². The Morgan fingerprint density at radius 3 is 2.79 bits per heavy atom. The van der Waals surface area contributed by atoms with Gasteiger partial charge in [-0.2, -0.15) is 4.39 Å². The number of nitro benzene ring substituents is 1. The van der Waals surface area contributed by atoms with E-state index >= 15 is 0 Å². The summed E-state index contributed by atoms with van der Waals surface area (Å²) in [6.45, 7) is 0. The van der Waals surface area contributed by atoms with Crippen molar-refractivity contribution in [2.75, 3.05) is 7.05 Å². The highest BCUT2D eigenvalue weighted by molar-refractivity contribution is 5.35. The summed E-state index contributed by atoms with van der Waals surface area (Å²) in [7, 11) is 1.96. The van der Waals surface area contributed by atoms with E-state index in [0.29, 0.717) is 12.0 Å². The third-order valence-corrected chi connectivity index (χ3v) is 3.99. The van der Waals surface area contributed by atoms with E-state index in [1.54, 1.807) is 6.07 Å². The monoisotopic (exact) mass is 266 g/mol. The SMILES string of the molecule is CNC1CCCCC1Cc1ccc([N+](=O)[O-])c(F)c1. The Labute approximate surface area is 112 Å². The fourth-order valence-corrected chi connectivity index (χ4v) is 2.96. The first kappa shape index (κ1) is 13.9. The standard InChI is InChI=1S/C14H19FN2O2/c1-16-13-5-3-2-4-11(13)8-10-6-7-14(17(18)19)12(15)9-10/h6-7,9,11,13,16H,2-5,8H2,1H3. The number of nitro groups is 1. The average Bonchev–Trinajstić information content (AvgIpc) is 2.39. The summed E-state index contributed by atoms with van der Waals surface area (Å²) in [6.07, 6.45) is 5.50. The summed E-state index contributed by atoms with van der Waals surface area (Å²) < 4.78 is 13.6. The topological polar surface area (TPSA) is 55.2 Å². The van der Waals surface area contributed by atoms with E-state index in [0.717, 1.165) is 24.8 Å². The van der Waals surface area contributed by atoms with E-state index in [4.69, 9.17) is 0 Å². The van der Waals surface area contributed by atoms with Crippen LogP contribution >= 0.6 is 0 Å². The molecule has 0 aromatic heterocycles. The van der Waals surface area contributed by atoms with Crippen molar-refractivity contribution in [1.82, 2.24) is 5.32 Å². The number of halogens is 1. The van der Waals surface area contributed by atoms with Crippen LogP contribution in [0.4, 0.5) is 10.1 Å². The summed E-state index contributed by atoms with van der Waals surface area (Å²) >= 11 is 0. The fourth-order valence-electron chi connectivity index (χ4n) is 2.96. The Morgan fingerprint density at radius 2 is 2.16 bits per heavy atom. The van der Waals surface area contributed by atoms with Crippen LogP contribution in [0.5, 0.6) is 0 Å². The van der Waals surface area contributed by atoms with Gasteiger partial charge in [0.2, 0.25) is 5.82 Å². The van der Waals surface area contributed by atoms with Crippen molar-refractivity contribution in [3.8, 4) is 0 Å². The van der Waals surface area contributed by atoms with Crippen molar-refractivity contribution in [2.45, 2.75) is 38.1 Å². The molecule has 0 amide bonds. The van der Waals surface area contributed by atoms with Crippen LogP contribution in [0.15, 0.2) is 18.2 Å². The van der Waals surface area contributed by atoms with Gasteiger partial charge < -0.3 is 5.32 Å². The lowest BCUT2D eigenvalue weighted by Gasteiger charge is -2.31. The smallest absolute Gasteiger partial charge is 0.304 e. The van der Waals surface area contributed by atoms with Crippen molar-refractivity contribution >= 4 is 5.69 Å². The molecule has 5 heteroatoms. The number of nitrogens with one attached hydrogen (secondary N) is 1. The Kier molecular flexibility index (Phi) is 4.47. The zero-order valence-corrected chi connectivity index (χ0v) is 11.1. The normalized spacial score (nSPS) is 23.3. The summed E-state index contributed by atoms with van der Waals surface area (Å²) in [6, 6.07) is 4.70. The lowest BCUT2D eigenvalue weighted by atomic mass is 9.81. The second-order valence-corrected chi connectivity index (χ2v) is 5.19. The largest absolute Gasteiger partial charge is 0.317 e. The molecule has 0 aliphatic heterocycles. The highest BCUT2D eigenvalue weighted by Crippen LogP contribution is 2.28. The third-order valence-electron chi connectivity index (χ3n) is 3.99. The molecule has 0 bridgehead atoms. The van der Waals surface area contributed by atoms with E-state index in [9.17, 15) is 14.5 Å². The predicted octanol–water partition coefficient (Wildman–Crippen LogP) is 3.05. The molecular formula is C14H19FN2O2. The van der Waals surface area contributed by atoms with Crippen LogP contribution in [0.25, 0.3) is 0 Å². The minimum absolute atomic E-state index is 0.447. The minimum Gasteiger partial charge on any atom is -0.317 e. The van der Waals surface area contributed by atoms with E-state index in [1.807, 2.05) is 7.05 Å². The molecule has 2 atom stereocenters. The van der Waals surface area contributed by atoms with Gasteiger partial charge in [0.05, 0.1) is 4.92 Å². The van der Waals surface area contributed by atoms with Crippen LogP contribution in [0, 0.1) is 21.8 Å². The molecule has 0 radical (unpaired) electrons. The van der Waals surface area contributed by atoms with E-state index < -0.39 is 16.4 Å². The summed E-state index contributed by atoms with van der Waals surface area (Å²) in [5, 5.41) is 13.9. The molecule has 2 rings (SSSR count). The van der Waals surface area contributed by atoms with Gasteiger partial charge in [0.25, 0.3) is 0 Å². The van der Waals surface area contributed by atoms with Gasteiger partial charge in [0.15, 0.2) is 0 Å². The summed E-state index contributed by atoms with van der Waals surface area (Å²) in [4.78, 5) is 9.89. The van der Waals surface area contributed by atoms with Crippen LogP contribution in [0.3, 0.4) is 0 Å². The van der Waals surface area contributed by atoms with Crippen molar-refractivity contribution in [3.63, 3.8) is 0 Å². The van der Waals surface area contributed by atoms with Crippen LogP contribution in [-0.4, -0.2) is 18.0 Å². The Hall–Kier alpha value is -1.49. The summed E-state index contributed by atoms with van der Waals surface area (Å²) in [5.41, 5.74) is 0.396. The van der Waals surface area contributed by atoms with E-state index in [1.165, 1.54) is 25.0 Å². The van der Waals surface area contributed by atoms with Gasteiger partial charge in [-0.3, -0.25) is 10.1 Å². The molecule has 4 nitrogen and oxygen atoms in total. The quantitative estimate of drug-likeness (QED) is 0.673. The highest BCUT2D eigenvalue weighted by Gasteiger charge is 2.24. The zero-order chi connectivity index (χ0) is 13.8. The van der Waals surface area contributed by atoms with Crippen molar-refractivity contribution in [1.29, 1.82) is 0 Å². The molecule has 1 N–H and O–H groups in total. The molecule has 1 saturated carbocycles. The number of hydrogen-bond donors (Lipinski definition) is 1. The van der Waals surface area contributed by atoms with Crippen molar-refractivity contribution in [3.05, 3.63) is 39.7 Å². The zero-order valence-electron chi connectivity index (χ0n) is 11.1. The lowest BCUT2D eigenvalue weighted by molar-refractivity contribution is -0.387. The molecule has 1 fully saturated rings. The molecule has 19 heavy (non-hydrogen) atoms. The molecule has 0 saturated heterocycles. The number of nitrogens with zero attached hydrogens (tertiary/aromatic N) is 1. The van der Waals surface area contributed by atoms with Gasteiger partial charge >= 0.3 is 5.69 Å². The molecule has 1 aliphatic carbocycles. The molecular weight excluding hydrogens is 247 g/mol. The molecule has 104 valence electrons. The van der Waals surface area contributed by atoms with Crippen LogP contribution in [0.2, 0.25) is 0 Å². The Morgan fingerprint density at radius 1 is 1.42 bits per heavy atom. The summed E-state index contributed by atoms with van der Waals surface area (Å²) in [5.74, 6) is -0.251. The number of rotatable bonds is 4. The highest BCUT2D eigenvalue weighted by atomic mass is 19.1. The first-order chi connectivity index (χ1) is 9.11. The molecule has 1 aromatic rings. The van der Waals surface area contributed by atoms with Crippen LogP contribution in [-0.2, 0) is 6.42 Å². The van der Waals surface area contributed by atoms with E-state index in [-0.39, 0.29) is 0 Å². The second kappa shape index (κ2) is 6.10. The van der Waals surface area contributed by atoms with Gasteiger partial charge in [-0.15, -0.1) is 0 Å². The number of benzene rings is 1. The average molecular weight is 266 g/mol. The van der Waals surface area contributed by atoms with Gasteiger partial charge in [-0.25, -0.2) is 0 Å². The number of hydrogen-bond acceptors (Lipinski definition) is 3. The van der Waals surface area contributed by atoms with Gasteiger partial charge in [0.1, 0.15) is 0 Å². The second-order valence-electron chi connectivity index (χ2n) is 5.19. The van der Waals surface area contributed by atoms with Crippen molar-refractivity contribution in [2.24, 2.45) is 5.92 Å². The van der Waals surface area contributed by atoms with Crippen molar-refractivity contribution < 1.29 is 9.31 Å². The predicted molar refractivity (Wildman–Crippen MR) is 71.6 cm³/mol. The maximum atomic E-state index is 13.6. The Balaban J connectivity index is 2.10. The molecule has 2 unspecified atom stereocenters.